The molecule has 0 saturated carbocycles. The molecule has 1 aromatic heterocycles. The van der Waals surface area contributed by atoms with Crippen molar-refractivity contribution in [3.63, 3.8) is 0 Å². The average Bonchev–Trinajstić information content (AvgIpc) is 3.38. The van der Waals surface area contributed by atoms with Gasteiger partial charge in [-0.3, -0.25) is 9.36 Å². The Hall–Kier alpha value is -2.38. The van der Waals surface area contributed by atoms with Crippen LogP contribution in [0.1, 0.15) is 12.8 Å². The molecule has 0 radical (unpaired) electrons. The molecule has 8 heteroatoms. The smallest absolute Gasteiger partial charge is 0.233 e. The van der Waals surface area contributed by atoms with E-state index < -0.39 is 0 Å². The molecule has 0 atom stereocenters. The number of thioether (sulfide) groups is 1. The molecule has 2 aromatic carbocycles. The molecule has 1 saturated heterocycles. The molecule has 0 aliphatic carbocycles. The molecule has 0 N–H and O–H groups in total. The van der Waals surface area contributed by atoms with Crippen LogP contribution < -0.4 is 0 Å². The third-order valence-corrected chi connectivity index (χ3v) is 5.77. The van der Waals surface area contributed by atoms with Gasteiger partial charge in [0.1, 0.15) is 5.82 Å². The fourth-order valence-electron chi connectivity index (χ4n) is 3.16. The number of likely N-dealkylation sites (tertiary alicyclic amines) is 1. The molecule has 5 nitrogen and oxygen atoms in total. The second-order valence-corrected chi connectivity index (χ2v) is 7.88. The lowest BCUT2D eigenvalue weighted by molar-refractivity contribution is -0.127. The van der Waals surface area contributed by atoms with Gasteiger partial charge in [-0.05, 0) is 61.4 Å². The SMILES string of the molecule is O=C(CSc1nnc(-c2ccc(Cl)cc2)n1-c1ccc(F)cc1)N1CCCC1. The van der Waals surface area contributed by atoms with Crippen LogP contribution in [0, 0.1) is 5.82 Å². The normalized spacial score (nSPS) is 13.9. The van der Waals surface area contributed by atoms with E-state index in [1.807, 2.05) is 21.6 Å². The third-order valence-electron chi connectivity index (χ3n) is 4.60. The molecule has 4 rings (SSSR count). The van der Waals surface area contributed by atoms with Crippen LogP contribution in [0.25, 0.3) is 17.1 Å². The second-order valence-electron chi connectivity index (χ2n) is 6.50. The van der Waals surface area contributed by atoms with Crippen molar-refractivity contribution in [1.29, 1.82) is 0 Å². The largest absolute Gasteiger partial charge is 0.342 e. The Labute approximate surface area is 171 Å². The van der Waals surface area contributed by atoms with Crippen molar-refractivity contribution in [3.05, 3.63) is 59.4 Å². The van der Waals surface area contributed by atoms with E-state index in [0.29, 0.717) is 21.8 Å². The first kappa shape index (κ1) is 19.0. The summed E-state index contributed by atoms with van der Waals surface area (Å²) in [4.78, 5) is 14.3. The lowest BCUT2D eigenvalue weighted by Gasteiger charge is -2.15. The fraction of sp³-hybridized carbons (Fsp3) is 0.250. The molecule has 144 valence electrons. The van der Waals surface area contributed by atoms with Crippen molar-refractivity contribution in [2.75, 3.05) is 18.8 Å². The lowest BCUT2D eigenvalue weighted by atomic mass is 10.2. The van der Waals surface area contributed by atoms with Crippen LogP contribution in [-0.2, 0) is 4.79 Å². The highest BCUT2D eigenvalue weighted by molar-refractivity contribution is 7.99. The van der Waals surface area contributed by atoms with Gasteiger partial charge in [0.15, 0.2) is 11.0 Å². The topological polar surface area (TPSA) is 51.0 Å². The quantitative estimate of drug-likeness (QED) is 0.577. The first-order valence-corrected chi connectivity index (χ1v) is 10.4. The van der Waals surface area contributed by atoms with Crippen LogP contribution in [0.15, 0.2) is 53.7 Å². The zero-order valence-electron chi connectivity index (χ0n) is 15.0. The van der Waals surface area contributed by atoms with Gasteiger partial charge in [-0.25, -0.2) is 4.39 Å². The molecule has 1 amide bonds. The predicted octanol–water partition coefficient (Wildman–Crippen LogP) is 4.44. The van der Waals surface area contributed by atoms with Gasteiger partial charge in [-0.15, -0.1) is 10.2 Å². The third kappa shape index (κ3) is 4.05. The van der Waals surface area contributed by atoms with E-state index in [1.54, 1.807) is 24.3 Å². The minimum absolute atomic E-state index is 0.101. The Bertz CT molecular complexity index is 969. The number of halogens is 2. The summed E-state index contributed by atoms with van der Waals surface area (Å²) in [7, 11) is 0. The van der Waals surface area contributed by atoms with E-state index in [1.165, 1.54) is 23.9 Å². The lowest BCUT2D eigenvalue weighted by Crippen LogP contribution is -2.29. The van der Waals surface area contributed by atoms with Crippen molar-refractivity contribution in [2.45, 2.75) is 18.0 Å². The summed E-state index contributed by atoms with van der Waals surface area (Å²) in [5.74, 6) is 0.687. The molecule has 0 bridgehead atoms. The first-order chi connectivity index (χ1) is 13.6. The number of hydrogen-bond donors (Lipinski definition) is 0. The van der Waals surface area contributed by atoms with E-state index in [0.717, 1.165) is 37.2 Å². The number of amides is 1. The van der Waals surface area contributed by atoms with E-state index in [9.17, 15) is 9.18 Å². The maximum Gasteiger partial charge on any atom is 0.233 e. The van der Waals surface area contributed by atoms with Crippen LogP contribution in [-0.4, -0.2) is 44.4 Å². The molecule has 0 unspecified atom stereocenters. The standard InChI is InChI=1S/C20H18ClFN4OS/c21-15-5-3-14(4-6-15)19-23-24-20(26(19)17-9-7-16(22)8-10-17)28-13-18(27)25-11-1-2-12-25/h3-10H,1-2,11-13H2. The highest BCUT2D eigenvalue weighted by Crippen LogP contribution is 2.29. The minimum atomic E-state index is -0.316. The average molecular weight is 417 g/mol. The molecule has 2 heterocycles. The summed E-state index contributed by atoms with van der Waals surface area (Å²) in [6, 6.07) is 13.4. The van der Waals surface area contributed by atoms with E-state index in [-0.39, 0.29) is 11.7 Å². The number of rotatable bonds is 5. The maximum absolute atomic E-state index is 13.4. The number of benzene rings is 2. The highest BCUT2D eigenvalue weighted by Gasteiger charge is 2.21. The van der Waals surface area contributed by atoms with Gasteiger partial charge in [-0.2, -0.15) is 0 Å². The monoisotopic (exact) mass is 416 g/mol. The van der Waals surface area contributed by atoms with Crippen molar-refractivity contribution < 1.29 is 9.18 Å². The predicted molar refractivity (Wildman–Crippen MR) is 108 cm³/mol. The van der Waals surface area contributed by atoms with Crippen LogP contribution >= 0.6 is 23.4 Å². The Morgan fingerprint density at radius 3 is 2.39 bits per heavy atom. The van der Waals surface area contributed by atoms with Gasteiger partial charge in [0, 0.05) is 29.4 Å². The summed E-state index contributed by atoms with van der Waals surface area (Å²) >= 11 is 7.33. The number of aromatic nitrogens is 3. The van der Waals surface area contributed by atoms with Crippen molar-refractivity contribution >= 4 is 29.3 Å². The van der Waals surface area contributed by atoms with Crippen LogP contribution in [0.3, 0.4) is 0 Å². The van der Waals surface area contributed by atoms with Crippen molar-refractivity contribution in [1.82, 2.24) is 19.7 Å². The second kappa shape index (κ2) is 8.32. The molecule has 1 aliphatic heterocycles. The Morgan fingerprint density at radius 1 is 1.04 bits per heavy atom. The number of carbonyl (C=O) groups excluding carboxylic acids is 1. The fourth-order valence-corrected chi connectivity index (χ4v) is 4.14. The molecule has 3 aromatic rings. The van der Waals surface area contributed by atoms with Gasteiger partial charge in [-0.1, -0.05) is 23.4 Å². The van der Waals surface area contributed by atoms with E-state index in [4.69, 9.17) is 11.6 Å². The summed E-state index contributed by atoms with van der Waals surface area (Å²) in [5.41, 5.74) is 1.56. The maximum atomic E-state index is 13.4. The van der Waals surface area contributed by atoms with Crippen LogP contribution in [0.2, 0.25) is 5.02 Å². The van der Waals surface area contributed by atoms with Gasteiger partial charge in [0.05, 0.1) is 5.75 Å². The highest BCUT2D eigenvalue weighted by atomic mass is 35.5. The van der Waals surface area contributed by atoms with Crippen LogP contribution in [0.5, 0.6) is 0 Å². The first-order valence-electron chi connectivity index (χ1n) is 9.00. The molecule has 0 spiro atoms. The Balaban J connectivity index is 1.66. The Morgan fingerprint density at radius 2 is 1.71 bits per heavy atom. The van der Waals surface area contributed by atoms with Gasteiger partial charge in [0.2, 0.25) is 5.91 Å². The minimum Gasteiger partial charge on any atom is -0.342 e. The van der Waals surface area contributed by atoms with Gasteiger partial charge >= 0.3 is 0 Å². The zero-order chi connectivity index (χ0) is 19.5. The Kier molecular flexibility index (Phi) is 5.64. The van der Waals surface area contributed by atoms with Gasteiger partial charge in [0.25, 0.3) is 0 Å². The van der Waals surface area contributed by atoms with E-state index in [2.05, 4.69) is 10.2 Å². The van der Waals surface area contributed by atoms with Crippen molar-refractivity contribution in [2.24, 2.45) is 0 Å². The van der Waals surface area contributed by atoms with Crippen LogP contribution in [0.4, 0.5) is 4.39 Å². The summed E-state index contributed by atoms with van der Waals surface area (Å²) in [5, 5.41) is 9.83. The summed E-state index contributed by atoms with van der Waals surface area (Å²) in [6.45, 7) is 1.64. The molecular formula is C20H18ClFN4OS. The van der Waals surface area contributed by atoms with E-state index >= 15 is 0 Å². The molecular weight excluding hydrogens is 399 g/mol. The molecule has 28 heavy (non-hydrogen) atoms. The number of nitrogens with zero attached hydrogens (tertiary/aromatic N) is 4. The summed E-state index contributed by atoms with van der Waals surface area (Å²) < 4.78 is 15.3. The molecule has 1 fully saturated rings. The summed E-state index contributed by atoms with van der Waals surface area (Å²) in [6.07, 6.45) is 2.12. The van der Waals surface area contributed by atoms with Crippen molar-refractivity contribution in [3.8, 4) is 17.1 Å². The molecule has 1 aliphatic rings. The van der Waals surface area contributed by atoms with Gasteiger partial charge < -0.3 is 4.90 Å². The number of hydrogen-bond acceptors (Lipinski definition) is 4. The number of carbonyl (C=O) groups is 1. The zero-order valence-corrected chi connectivity index (χ0v) is 16.6.